The van der Waals surface area contributed by atoms with Crippen LogP contribution < -0.4 is 5.32 Å². The summed E-state index contributed by atoms with van der Waals surface area (Å²) in [4.78, 5) is 4.36. The van der Waals surface area contributed by atoms with Crippen molar-refractivity contribution in [2.24, 2.45) is 0 Å². The molecule has 14 heavy (non-hydrogen) atoms. The van der Waals surface area contributed by atoms with Crippen LogP contribution >= 0.6 is 0 Å². The third-order valence-electron chi connectivity index (χ3n) is 2.70. The second-order valence-corrected chi connectivity index (χ2v) is 4.17. The quantitative estimate of drug-likeness (QED) is 0.787. The van der Waals surface area contributed by atoms with Crippen LogP contribution in [0.25, 0.3) is 11.1 Å². The predicted octanol–water partition coefficient (Wildman–Crippen LogP) is 2.79. The molecule has 1 aliphatic rings. The summed E-state index contributed by atoms with van der Waals surface area (Å²) in [6.07, 6.45) is 2.40. The molecule has 2 aromatic rings. The molecule has 3 heteroatoms. The first kappa shape index (κ1) is 7.85. The zero-order chi connectivity index (χ0) is 9.60. The van der Waals surface area contributed by atoms with E-state index in [0.717, 1.165) is 11.1 Å². The van der Waals surface area contributed by atoms with Gasteiger partial charge in [0.05, 0.1) is 0 Å². The number of nitrogens with one attached hydrogen (secondary N) is 1. The number of oxazole rings is 1. The molecule has 0 aliphatic heterocycles. The van der Waals surface area contributed by atoms with Gasteiger partial charge >= 0.3 is 0 Å². The van der Waals surface area contributed by atoms with Gasteiger partial charge in [0, 0.05) is 5.54 Å². The first-order valence-corrected chi connectivity index (χ1v) is 4.89. The van der Waals surface area contributed by atoms with Crippen molar-refractivity contribution < 1.29 is 4.42 Å². The zero-order valence-corrected chi connectivity index (χ0v) is 8.08. The summed E-state index contributed by atoms with van der Waals surface area (Å²) in [7, 11) is 0. The summed E-state index contributed by atoms with van der Waals surface area (Å²) < 4.78 is 5.56. The van der Waals surface area contributed by atoms with E-state index >= 15 is 0 Å². The molecule has 1 N–H and O–H groups in total. The maximum Gasteiger partial charge on any atom is 0.296 e. The fourth-order valence-corrected chi connectivity index (χ4v) is 1.50. The lowest BCUT2D eigenvalue weighted by Gasteiger charge is -2.06. The third kappa shape index (κ3) is 1.25. The Morgan fingerprint density at radius 3 is 2.86 bits per heavy atom. The van der Waals surface area contributed by atoms with Crippen LogP contribution in [-0.2, 0) is 0 Å². The van der Waals surface area contributed by atoms with Crippen LogP contribution in [0.1, 0.15) is 19.8 Å². The Balaban J connectivity index is 1.98. The van der Waals surface area contributed by atoms with Gasteiger partial charge in [0.25, 0.3) is 6.01 Å². The van der Waals surface area contributed by atoms with Crippen molar-refractivity contribution in [3.8, 4) is 0 Å². The molecule has 0 bridgehead atoms. The highest BCUT2D eigenvalue weighted by Gasteiger charge is 2.38. The molecule has 0 amide bonds. The van der Waals surface area contributed by atoms with E-state index in [-0.39, 0.29) is 5.54 Å². The van der Waals surface area contributed by atoms with Gasteiger partial charge in [-0.2, -0.15) is 4.98 Å². The van der Waals surface area contributed by atoms with Crippen molar-refractivity contribution in [1.82, 2.24) is 4.98 Å². The standard InChI is InChI=1S/C11H12N2O/c1-11(6-7-11)13-10-12-8-4-2-3-5-9(8)14-10/h2-5H,6-7H2,1H3,(H,12,13). The average molecular weight is 188 g/mol. The minimum atomic E-state index is 0.223. The van der Waals surface area contributed by atoms with Gasteiger partial charge in [0.15, 0.2) is 5.58 Å². The van der Waals surface area contributed by atoms with Crippen LogP contribution in [0, 0.1) is 0 Å². The molecule has 1 heterocycles. The molecule has 1 saturated carbocycles. The Kier molecular flexibility index (Phi) is 1.40. The molecule has 1 aromatic carbocycles. The van der Waals surface area contributed by atoms with E-state index in [9.17, 15) is 0 Å². The summed E-state index contributed by atoms with van der Waals surface area (Å²) in [6.45, 7) is 2.18. The van der Waals surface area contributed by atoms with E-state index in [1.807, 2.05) is 24.3 Å². The van der Waals surface area contributed by atoms with Crippen molar-refractivity contribution in [1.29, 1.82) is 0 Å². The molecule has 72 valence electrons. The highest BCUT2D eigenvalue weighted by molar-refractivity contribution is 5.74. The normalized spacial score (nSPS) is 18.4. The van der Waals surface area contributed by atoms with Crippen molar-refractivity contribution in [3.05, 3.63) is 24.3 Å². The van der Waals surface area contributed by atoms with Crippen molar-refractivity contribution >= 4 is 17.1 Å². The number of hydrogen-bond donors (Lipinski definition) is 1. The van der Waals surface area contributed by atoms with Gasteiger partial charge in [0.1, 0.15) is 5.52 Å². The van der Waals surface area contributed by atoms with E-state index in [4.69, 9.17) is 4.42 Å². The largest absolute Gasteiger partial charge is 0.424 e. The molecule has 1 fully saturated rings. The molecule has 3 rings (SSSR count). The van der Waals surface area contributed by atoms with E-state index in [1.165, 1.54) is 12.8 Å². The predicted molar refractivity (Wildman–Crippen MR) is 55.3 cm³/mol. The maximum absolute atomic E-state index is 5.56. The molecule has 0 saturated heterocycles. The Morgan fingerprint density at radius 2 is 2.14 bits per heavy atom. The van der Waals surface area contributed by atoms with E-state index < -0.39 is 0 Å². The molecule has 0 atom stereocenters. The number of hydrogen-bond acceptors (Lipinski definition) is 3. The van der Waals surface area contributed by atoms with Crippen molar-refractivity contribution in [2.45, 2.75) is 25.3 Å². The van der Waals surface area contributed by atoms with Crippen LogP contribution in [-0.4, -0.2) is 10.5 Å². The molecule has 0 radical (unpaired) electrons. The Hall–Kier alpha value is -1.51. The SMILES string of the molecule is CC1(Nc2nc3ccccc3o2)CC1. The molecule has 3 nitrogen and oxygen atoms in total. The number of rotatable bonds is 2. The summed E-state index contributed by atoms with van der Waals surface area (Å²) in [5.41, 5.74) is 1.99. The maximum atomic E-state index is 5.56. The summed E-state index contributed by atoms with van der Waals surface area (Å²) in [5.74, 6) is 0. The Labute approximate surface area is 82.1 Å². The van der Waals surface area contributed by atoms with Gasteiger partial charge < -0.3 is 9.73 Å². The van der Waals surface area contributed by atoms with Gasteiger partial charge in [-0.3, -0.25) is 0 Å². The topological polar surface area (TPSA) is 38.1 Å². The first-order chi connectivity index (χ1) is 6.75. The van der Waals surface area contributed by atoms with Crippen LogP contribution in [0.4, 0.5) is 6.01 Å². The highest BCUT2D eigenvalue weighted by atomic mass is 16.4. The average Bonchev–Trinajstić information content (AvgIpc) is 2.77. The van der Waals surface area contributed by atoms with Crippen molar-refractivity contribution in [3.63, 3.8) is 0 Å². The van der Waals surface area contributed by atoms with Crippen molar-refractivity contribution in [2.75, 3.05) is 5.32 Å². The highest BCUT2D eigenvalue weighted by Crippen LogP contribution is 2.38. The fourth-order valence-electron chi connectivity index (χ4n) is 1.50. The number of anilines is 1. The second-order valence-electron chi connectivity index (χ2n) is 4.17. The Bertz CT molecular complexity index is 438. The van der Waals surface area contributed by atoms with Crippen LogP contribution in [0.2, 0.25) is 0 Å². The van der Waals surface area contributed by atoms with Crippen LogP contribution in [0.3, 0.4) is 0 Å². The zero-order valence-electron chi connectivity index (χ0n) is 8.08. The minimum absolute atomic E-state index is 0.223. The smallest absolute Gasteiger partial charge is 0.296 e. The monoisotopic (exact) mass is 188 g/mol. The molecular weight excluding hydrogens is 176 g/mol. The number of aromatic nitrogens is 1. The lowest BCUT2D eigenvalue weighted by atomic mass is 10.3. The molecular formula is C11H12N2O. The number of nitrogens with zero attached hydrogens (tertiary/aromatic N) is 1. The second kappa shape index (κ2) is 2.50. The van der Waals surface area contributed by atoms with Gasteiger partial charge in [-0.1, -0.05) is 12.1 Å². The first-order valence-electron chi connectivity index (χ1n) is 4.89. The molecule has 0 spiro atoms. The van der Waals surface area contributed by atoms with E-state index in [0.29, 0.717) is 6.01 Å². The number of benzene rings is 1. The summed E-state index contributed by atoms with van der Waals surface area (Å²) >= 11 is 0. The van der Waals surface area contributed by atoms with Gasteiger partial charge in [0.2, 0.25) is 0 Å². The van der Waals surface area contributed by atoms with Crippen LogP contribution in [0.15, 0.2) is 28.7 Å². The summed E-state index contributed by atoms with van der Waals surface area (Å²) in [6, 6.07) is 8.46. The van der Waals surface area contributed by atoms with Gasteiger partial charge in [-0.05, 0) is 31.9 Å². The Morgan fingerprint density at radius 1 is 1.36 bits per heavy atom. The number of fused-ring (bicyclic) bond motifs is 1. The van der Waals surface area contributed by atoms with Gasteiger partial charge in [-0.15, -0.1) is 0 Å². The van der Waals surface area contributed by atoms with E-state index in [1.54, 1.807) is 0 Å². The molecule has 1 aliphatic carbocycles. The number of para-hydroxylation sites is 2. The van der Waals surface area contributed by atoms with Gasteiger partial charge in [-0.25, -0.2) is 0 Å². The summed E-state index contributed by atoms with van der Waals surface area (Å²) in [5, 5.41) is 3.30. The lowest BCUT2D eigenvalue weighted by molar-refractivity contribution is 0.598. The molecule has 1 aromatic heterocycles. The fraction of sp³-hybridized carbons (Fsp3) is 0.364. The van der Waals surface area contributed by atoms with E-state index in [2.05, 4.69) is 17.2 Å². The lowest BCUT2D eigenvalue weighted by Crippen LogP contribution is -2.15. The van der Waals surface area contributed by atoms with Crippen LogP contribution in [0.5, 0.6) is 0 Å². The third-order valence-corrected chi connectivity index (χ3v) is 2.70. The molecule has 0 unspecified atom stereocenters. The minimum Gasteiger partial charge on any atom is -0.424 e.